The molecule has 3 N–H and O–H groups in total. The van der Waals surface area contributed by atoms with E-state index in [4.69, 9.17) is 5.73 Å². The molecule has 0 atom stereocenters. The lowest BCUT2D eigenvalue weighted by Crippen LogP contribution is -2.19. The van der Waals surface area contributed by atoms with Crippen molar-refractivity contribution in [1.82, 2.24) is 0 Å². The average molecular weight is 387 g/mol. The predicted molar refractivity (Wildman–Crippen MR) is 124 cm³/mol. The number of benzene rings is 3. The van der Waals surface area contributed by atoms with Gasteiger partial charge in [-0.25, -0.2) is 0 Å². The summed E-state index contributed by atoms with van der Waals surface area (Å²) in [4.78, 5) is 13.4. The van der Waals surface area contributed by atoms with Crippen molar-refractivity contribution in [3.63, 3.8) is 0 Å². The molecule has 3 nitrogen and oxygen atoms in total. The Balaban J connectivity index is 2.23. The fourth-order valence-corrected chi connectivity index (χ4v) is 4.36. The van der Waals surface area contributed by atoms with E-state index in [1.807, 2.05) is 18.2 Å². The van der Waals surface area contributed by atoms with Crippen molar-refractivity contribution in [3.8, 4) is 11.1 Å². The SMILES string of the molecule is CCc1c(C)c(C(=O)Nc2ccccc2N)c(C)c(-c2cccc(C)c2)c1CC. The molecule has 3 rings (SSSR count). The first-order valence-electron chi connectivity index (χ1n) is 10.3. The van der Waals surface area contributed by atoms with Gasteiger partial charge >= 0.3 is 0 Å². The summed E-state index contributed by atoms with van der Waals surface area (Å²) in [6.07, 6.45) is 1.82. The first-order valence-corrected chi connectivity index (χ1v) is 10.3. The minimum Gasteiger partial charge on any atom is -0.397 e. The lowest BCUT2D eigenvalue weighted by molar-refractivity contribution is 0.102. The highest BCUT2D eigenvalue weighted by atomic mass is 16.1. The number of aryl methyl sites for hydroxylation is 1. The molecule has 3 aromatic rings. The summed E-state index contributed by atoms with van der Waals surface area (Å²) in [5.41, 5.74) is 16.3. The normalized spacial score (nSPS) is 10.8. The fraction of sp³-hybridized carbons (Fsp3) is 0.269. The molecule has 1 amide bonds. The summed E-state index contributed by atoms with van der Waals surface area (Å²) in [6.45, 7) is 10.6. The zero-order valence-corrected chi connectivity index (χ0v) is 18.0. The highest BCUT2D eigenvalue weighted by Crippen LogP contribution is 2.36. The number of rotatable bonds is 5. The number of anilines is 2. The second-order valence-electron chi connectivity index (χ2n) is 7.58. The molecule has 0 aromatic heterocycles. The van der Waals surface area contributed by atoms with Gasteiger partial charge in [-0.15, -0.1) is 0 Å². The maximum Gasteiger partial charge on any atom is 0.256 e. The minimum absolute atomic E-state index is 0.107. The van der Waals surface area contributed by atoms with Gasteiger partial charge in [-0.3, -0.25) is 4.79 Å². The van der Waals surface area contributed by atoms with E-state index in [-0.39, 0.29) is 5.91 Å². The van der Waals surface area contributed by atoms with Crippen LogP contribution >= 0.6 is 0 Å². The fourth-order valence-electron chi connectivity index (χ4n) is 4.36. The molecule has 0 saturated heterocycles. The highest BCUT2D eigenvalue weighted by Gasteiger charge is 2.23. The molecule has 150 valence electrons. The lowest BCUT2D eigenvalue weighted by Gasteiger charge is -2.23. The molecule has 0 heterocycles. The van der Waals surface area contributed by atoms with Gasteiger partial charge in [-0.05, 0) is 79.1 Å². The first-order chi connectivity index (χ1) is 13.9. The summed E-state index contributed by atoms with van der Waals surface area (Å²) in [6, 6.07) is 15.9. The Morgan fingerprint density at radius 3 is 2.21 bits per heavy atom. The number of nitrogen functional groups attached to an aromatic ring is 1. The van der Waals surface area contributed by atoms with Crippen LogP contribution in [0.4, 0.5) is 11.4 Å². The molecule has 0 aliphatic carbocycles. The molecular formula is C26H30N2O. The second kappa shape index (κ2) is 8.52. The molecule has 0 unspecified atom stereocenters. The van der Waals surface area contributed by atoms with Crippen LogP contribution in [0, 0.1) is 20.8 Å². The van der Waals surface area contributed by atoms with E-state index in [0.717, 1.165) is 29.5 Å². The Labute approximate surface area is 174 Å². The van der Waals surface area contributed by atoms with Gasteiger partial charge in [0.2, 0.25) is 0 Å². The summed E-state index contributed by atoms with van der Waals surface area (Å²) >= 11 is 0. The summed E-state index contributed by atoms with van der Waals surface area (Å²) in [5.74, 6) is -0.107. The average Bonchev–Trinajstić information content (AvgIpc) is 2.69. The van der Waals surface area contributed by atoms with Crippen LogP contribution in [0.3, 0.4) is 0 Å². The molecule has 0 aliphatic heterocycles. The van der Waals surface area contributed by atoms with Gasteiger partial charge in [-0.1, -0.05) is 55.8 Å². The van der Waals surface area contributed by atoms with Crippen molar-refractivity contribution in [2.75, 3.05) is 11.1 Å². The number of nitrogens with one attached hydrogen (secondary N) is 1. The first kappa shape index (κ1) is 20.7. The lowest BCUT2D eigenvalue weighted by atomic mass is 9.82. The number of hydrogen-bond donors (Lipinski definition) is 2. The number of amides is 1. The van der Waals surface area contributed by atoms with Crippen LogP contribution in [0.1, 0.15) is 52.0 Å². The van der Waals surface area contributed by atoms with E-state index >= 15 is 0 Å². The van der Waals surface area contributed by atoms with Crippen LogP contribution in [0.5, 0.6) is 0 Å². The van der Waals surface area contributed by atoms with Crippen LogP contribution in [0.25, 0.3) is 11.1 Å². The quantitative estimate of drug-likeness (QED) is 0.510. The van der Waals surface area contributed by atoms with E-state index in [1.165, 1.54) is 27.8 Å². The molecule has 0 radical (unpaired) electrons. The van der Waals surface area contributed by atoms with Gasteiger partial charge in [0.05, 0.1) is 11.4 Å². The molecule has 0 fully saturated rings. The molecule has 29 heavy (non-hydrogen) atoms. The Morgan fingerprint density at radius 2 is 1.59 bits per heavy atom. The van der Waals surface area contributed by atoms with Crippen LogP contribution in [0.2, 0.25) is 0 Å². The van der Waals surface area contributed by atoms with Crippen LogP contribution < -0.4 is 11.1 Å². The summed E-state index contributed by atoms with van der Waals surface area (Å²) in [5, 5.41) is 3.02. The molecule has 0 spiro atoms. The van der Waals surface area contributed by atoms with Crippen LogP contribution in [0.15, 0.2) is 48.5 Å². The Hall–Kier alpha value is -3.07. The van der Waals surface area contributed by atoms with Crippen LogP contribution in [-0.2, 0) is 12.8 Å². The monoisotopic (exact) mass is 386 g/mol. The molecule has 3 aromatic carbocycles. The maximum atomic E-state index is 13.4. The van der Waals surface area contributed by atoms with Gasteiger partial charge in [-0.2, -0.15) is 0 Å². The molecule has 0 bridgehead atoms. The van der Waals surface area contributed by atoms with Crippen molar-refractivity contribution in [2.45, 2.75) is 47.5 Å². The van der Waals surface area contributed by atoms with Gasteiger partial charge < -0.3 is 11.1 Å². The summed E-state index contributed by atoms with van der Waals surface area (Å²) in [7, 11) is 0. The van der Waals surface area contributed by atoms with Crippen molar-refractivity contribution in [3.05, 3.63) is 81.9 Å². The Kier molecular flexibility index (Phi) is 6.07. The van der Waals surface area contributed by atoms with Crippen molar-refractivity contribution < 1.29 is 4.79 Å². The Morgan fingerprint density at radius 1 is 0.897 bits per heavy atom. The highest BCUT2D eigenvalue weighted by molar-refractivity contribution is 6.09. The molecule has 0 saturated carbocycles. The smallest absolute Gasteiger partial charge is 0.256 e. The zero-order chi connectivity index (χ0) is 21.1. The third-order valence-corrected chi connectivity index (χ3v) is 5.69. The number of carbonyl (C=O) groups is 1. The summed E-state index contributed by atoms with van der Waals surface area (Å²) < 4.78 is 0. The van der Waals surface area contributed by atoms with E-state index in [0.29, 0.717) is 11.4 Å². The van der Waals surface area contributed by atoms with Gasteiger partial charge in [0.15, 0.2) is 0 Å². The number of hydrogen-bond acceptors (Lipinski definition) is 2. The van der Waals surface area contributed by atoms with E-state index in [2.05, 4.69) is 64.2 Å². The van der Waals surface area contributed by atoms with Crippen molar-refractivity contribution in [1.29, 1.82) is 0 Å². The van der Waals surface area contributed by atoms with Crippen molar-refractivity contribution >= 4 is 17.3 Å². The molecule has 0 aliphatic rings. The van der Waals surface area contributed by atoms with Gasteiger partial charge in [0.25, 0.3) is 5.91 Å². The number of carbonyl (C=O) groups excluding carboxylic acids is 1. The van der Waals surface area contributed by atoms with Gasteiger partial charge in [0.1, 0.15) is 0 Å². The third kappa shape index (κ3) is 3.91. The standard InChI is InChI=1S/C26H30N2O/c1-6-20-17(4)24(26(29)28-23-14-9-8-13-22(23)27)18(5)25(21(20)7-2)19-12-10-11-16(3)15-19/h8-15H,6-7,27H2,1-5H3,(H,28,29). The number of para-hydroxylation sites is 2. The van der Waals surface area contributed by atoms with Gasteiger partial charge in [0, 0.05) is 5.56 Å². The topological polar surface area (TPSA) is 55.1 Å². The van der Waals surface area contributed by atoms with E-state index < -0.39 is 0 Å². The second-order valence-corrected chi connectivity index (χ2v) is 7.58. The third-order valence-electron chi connectivity index (χ3n) is 5.69. The largest absolute Gasteiger partial charge is 0.397 e. The van der Waals surface area contributed by atoms with Crippen LogP contribution in [-0.4, -0.2) is 5.91 Å². The van der Waals surface area contributed by atoms with Crippen molar-refractivity contribution in [2.24, 2.45) is 0 Å². The molecular weight excluding hydrogens is 356 g/mol. The van der Waals surface area contributed by atoms with E-state index in [1.54, 1.807) is 6.07 Å². The predicted octanol–water partition coefficient (Wildman–Crippen LogP) is 6.24. The maximum absolute atomic E-state index is 13.4. The number of nitrogens with two attached hydrogens (primary N) is 1. The zero-order valence-electron chi connectivity index (χ0n) is 18.0. The van der Waals surface area contributed by atoms with E-state index in [9.17, 15) is 4.79 Å². The molecule has 3 heteroatoms. The minimum atomic E-state index is -0.107. The Bertz CT molecular complexity index is 1070.